The molecule has 0 radical (unpaired) electrons. The number of benzene rings is 1. The average molecular weight is 346 g/mol. The van der Waals surface area contributed by atoms with Gasteiger partial charge in [-0.05, 0) is 52.2 Å². The van der Waals surface area contributed by atoms with Gasteiger partial charge in [0.1, 0.15) is 11.6 Å². The van der Waals surface area contributed by atoms with Crippen LogP contribution in [0.1, 0.15) is 48.8 Å². The van der Waals surface area contributed by atoms with Gasteiger partial charge in [-0.15, -0.1) is 0 Å². The van der Waals surface area contributed by atoms with Crippen molar-refractivity contribution < 1.29 is 0 Å². The normalized spacial score (nSPS) is 17.2. The van der Waals surface area contributed by atoms with Gasteiger partial charge in [-0.2, -0.15) is 0 Å². The summed E-state index contributed by atoms with van der Waals surface area (Å²) in [7, 11) is 0. The molecule has 0 saturated heterocycles. The highest BCUT2D eigenvalue weighted by molar-refractivity contribution is 9.10. The average Bonchev–Trinajstić information content (AvgIpc) is 2.87. The van der Waals surface area contributed by atoms with Crippen LogP contribution in [-0.4, -0.2) is 9.97 Å². The largest absolute Gasteiger partial charge is 0.383 e. The Morgan fingerprint density at radius 2 is 2.05 bits per heavy atom. The number of rotatable bonds is 3. The molecular weight excluding hydrogens is 326 g/mol. The molecule has 1 unspecified atom stereocenters. The second-order valence-corrected chi connectivity index (χ2v) is 6.91. The smallest absolute Gasteiger partial charge is 0.141 e. The van der Waals surface area contributed by atoms with Crippen molar-refractivity contribution in [2.24, 2.45) is 5.92 Å². The summed E-state index contributed by atoms with van der Waals surface area (Å²) in [4.78, 5) is 9.36. The molecule has 2 aromatic rings. The van der Waals surface area contributed by atoms with Gasteiger partial charge in [0.2, 0.25) is 0 Å². The van der Waals surface area contributed by atoms with Crippen LogP contribution in [0.3, 0.4) is 0 Å². The van der Waals surface area contributed by atoms with E-state index in [1.54, 1.807) is 0 Å². The Morgan fingerprint density at radius 3 is 2.81 bits per heavy atom. The highest BCUT2D eigenvalue weighted by atomic mass is 79.9. The highest BCUT2D eigenvalue weighted by Gasteiger charge is 2.27. The first-order valence-corrected chi connectivity index (χ1v) is 8.25. The van der Waals surface area contributed by atoms with E-state index < -0.39 is 0 Å². The Kier molecular flexibility index (Phi) is 3.98. The third-order valence-electron chi connectivity index (χ3n) is 4.01. The summed E-state index contributed by atoms with van der Waals surface area (Å²) in [5.74, 6) is 2.25. The maximum absolute atomic E-state index is 6.09. The Labute approximate surface area is 134 Å². The fraction of sp³-hybridized carbons (Fsp3) is 0.412. The van der Waals surface area contributed by atoms with Crippen molar-refractivity contribution in [3.8, 4) is 0 Å². The number of fused-ring (bicyclic) bond motifs is 1. The number of aryl methyl sites for hydroxylation is 1. The molecule has 0 bridgehead atoms. The zero-order valence-electron chi connectivity index (χ0n) is 12.4. The van der Waals surface area contributed by atoms with E-state index in [-0.39, 0.29) is 5.92 Å². The van der Waals surface area contributed by atoms with Crippen molar-refractivity contribution in [3.63, 3.8) is 0 Å². The van der Waals surface area contributed by atoms with Crippen LogP contribution in [-0.2, 0) is 12.8 Å². The molecule has 1 aliphatic rings. The van der Waals surface area contributed by atoms with Gasteiger partial charge < -0.3 is 5.73 Å². The molecule has 1 aromatic carbocycles. The minimum absolute atomic E-state index is 0.280. The molecule has 0 aliphatic heterocycles. The minimum Gasteiger partial charge on any atom is -0.383 e. The number of nitrogens with two attached hydrogens (primary N) is 1. The number of aromatic nitrogens is 2. The molecular formula is C17H20BrN3. The van der Waals surface area contributed by atoms with E-state index in [0.717, 1.165) is 35.3 Å². The van der Waals surface area contributed by atoms with Crippen LogP contribution in [0.5, 0.6) is 0 Å². The number of nitrogens with zero attached hydrogens (tertiary/aromatic N) is 2. The van der Waals surface area contributed by atoms with Gasteiger partial charge in [0.05, 0.1) is 10.2 Å². The lowest BCUT2D eigenvalue weighted by Gasteiger charge is -2.15. The standard InChI is InChI=1S/C17H20BrN3/c1-10(2)9-14-15(18)16(19)21-17(20-14)13-8-7-11-5-3-4-6-12(11)13/h3-6,10,13H,7-9H2,1-2H3,(H2,19,20,21). The summed E-state index contributed by atoms with van der Waals surface area (Å²) in [5.41, 5.74) is 9.88. The van der Waals surface area contributed by atoms with Crippen LogP contribution in [0.25, 0.3) is 0 Å². The highest BCUT2D eigenvalue weighted by Crippen LogP contribution is 2.37. The van der Waals surface area contributed by atoms with Crippen LogP contribution in [0.4, 0.5) is 5.82 Å². The maximum Gasteiger partial charge on any atom is 0.141 e. The maximum atomic E-state index is 6.09. The summed E-state index contributed by atoms with van der Waals surface area (Å²) in [6, 6.07) is 8.58. The lowest BCUT2D eigenvalue weighted by atomic mass is 10.00. The van der Waals surface area contributed by atoms with Crippen LogP contribution >= 0.6 is 15.9 Å². The Hall–Kier alpha value is -1.42. The molecule has 110 valence electrons. The predicted octanol–water partition coefficient (Wildman–Crippen LogP) is 4.10. The van der Waals surface area contributed by atoms with E-state index in [1.165, 1.54) is 11.1 Å². The summed E-state index contributed by atoms with van der Waals surface area (Å²) in [6.45, 7) is 4.38. The predicted molar refractivity (Wildman–Crippen MR) is 89.3 cm³/mol. The first-order valence-electron chi connectivity index (χ1n) is 7.46. The zero-order chi connectivity index (χ0) is 15.0. The van der Waals surface area contributed by atoms with E-state index in [1.807, 2.05) is 0 Å². The second kappa shape index (κ2) is 5.76. The van der Waals surface area contributed by atoms with Gasteiger partial charge >= 0.3 is 0 Å². The summed E-state index contributed by atoms with van der Waals surface area (Å²) < 4.78 is 0.853. The lowest BCUT2D eigenvalue weighted by Crippen LogP contribution is -2.11. The summed E-state index contributed by atoms with van der Waals surface area (Å²) in [6.07, 6.45) is 3.08. The van der Waals surface area contributed by atoms with Crippen molar-refractivity contribution in [2.75, 3.05) is 5.73 Å². The van der Waals surface area contributed by atoms with Crippen LogP contribution in [0.15, 0.2) is 28.7 Å². The SMILES string of the molecule is CC(C)Cc1nc(C2CCc3ccccc32)nc(N)c1Br. The molecule has 0 spiro atoms. The van der Waals surface area contributed by atoms with Crippen molar-refractivity contribution in [3.05, 3.63) is 51.4 Å². The quantitative estimate of drug-likeness (QED) is 0.910. The van der Waals surface area contributed by atoms with Crippen LogP contribution < -0.4 is 5.73 Å². The van der Waals surface area contributed by atoms with E-state index >= 15 is 0 Å². The fourth-order valence-corrected chi connectivity index (χ4v) is 3.37. The first kappa shape index (κ1) is 14.5. The van der Waals surface area contributed by atoms with Crippen LogP contribution in [0, 0.1) is 5.92 Å². The molecule has 3 nitrogen and oxygen atoms in total. The monoisotopic (exact) mass is 345 g/mol. The lowest BCUT2D eigenvalue weighted by molar-refractivity contribution is 0.622. The molecule has 1 aromatic heterocycles. The van der Waals surface area contributed by atoms with Crippen molar-refractivity contribution >= 4 is 21.7 Å². The van der Waals surface area contributed by atoms with Gasteiger partial charge in [0.15, 0.2) is 0 Å². The fourth-order valence-electron chi connectivity index (χ4n) is 3.04. The number of hydrogen-bond acceptors (Lipinski definition) is 3. The number of anilines is 1. The third-order valence-corrected chi connectivity index (χ3v) is 4.87. The number of hydrogen-bond donors (Lipinski definition) is 1. The molecule has 1 atom stereocenters. The van der Waals surface area contributed by atoms with Crippen molar-refractivity contribution in [1.29, 1.82) is 0 Å². The molecule has 3 rings (SSSR count). The molecule has 1 aliphatic carbocycles. The van der Waals surface area contributed by atoms with Gasteiger partial charge in [-0.1, -0.05) is 38.1 Å². The summed E-state index contributed by atoms with van der Waals surface area (Å²) in [5, 5.41) is 0. The minimum atomic E-state index is 0.280. The molecule has 0 saturated carbocycles. The van der Waals surface area contributed by atoms with Gasteiger partial charge in [0.25, 0.3) is 0 Å². The van der Waals surface area contributed by atoms with Crippen molar-refractivity contribution in [1.82, 2.24) is 9.97 Å². The molecule has 21 heavy (non-hydrogen) atoms. The first-order chi connectivity index (χ1) is 10.1. The number of nitrogen functional groups attached to an aromatic ring is 1. The van der Waals surface area contributed by atoms with Crippen LogP contribution in [0.2, 0.25) is 0 Å². The molecule has 4 heteroatoms. The molecule has 0 amide bonds. The van der Waals surface area contributed by atoms with E-state index in [4.69, 9.17) is 10.7 Å². The zero-order valence-corrected chi connectivity index (χ0v) is 14.0. The van der Waals surface area contributed by atoms with E-state index in [2.05, 4.69) is 59.0 Å². The van der Waals surface area contributed by atoms with Crippen molar-refractivity contribution in [2.45, 2.75) is 39.0 Å². The Bertz CT molecular complexity index is 667. The Balaban J connectivity index is 2.02. The molecule has 2 N–H and O–H groups in total. The van der Waals surface area contributed by atoms with Gasteiger partial charge in [0, 0.05) is 5.92 Å². The van der Waals surface area contributed by atoms with Gasteiger partial charge in [-0.25, -0.2) is 9.97 Å². The Morgan fingerprint density at radius 1 is 1.29 bits per heavy atom. The molecule has 0 fully saturated rings. The van der Waals surface area contributed by atoms with E-state index in [9.17, 15) is 0 Å². The second-order valence-electron chi connectivity index (χ2n) is 6.12. The topological polar surface area (TPSA) is 51.8 Å². The molecule has 1 heterocycles. The summed E-state index contributed by atoms with van der Waals surface area (Å²) >= 11 is 3.53. The van der Waals surface area contributed by atoms with Gasteiger partial charge in [-0.3, -0.25) is 0 Å². The van der Waals surface area contributed by atoms with E-state index in [0.29, 0.717) is 11.7 Å². The third kappa shape index (κ3) is 2.82. The number of halogens is 1.